The Labute approximate surface area is 214 Å². The van der Waals surface area contributed by atoms with E-state index in [0.29, 0.717) is 18.0 Å². The van der Waals surface area contributed by atoms with Crippen molar-refractivity contribution >= 4 is 12.1 Å². The van der Waals surface area contributed by atoms with E-state index in [1.54, 1.807) is 12.3 Å². The Bertz CT molecular complexity index is 1540. The average Bonchev–Trinajstić information content (AvgIpc) is 3.54. The number of nitrogens with zero attached hydrogens (tertiary/aromatic N) is 4. The number of benzene rings is 3. The van der Waals surface area contributed by atoms with E-state index < -0.39 is 5.91 Å². The van der Waals surface area contributed by atoms with Gasteiger partial charge >= 0.3 is 0 Å². The van der Waals surface area contributed by atoms with Gasteiger partial charge in [-0.3, -0.25) is 9.89 Å². The number of carbonyl (C=O) groups excluding carboxylic acids is 1. The van der Waals surface area contributed by atoms with E-state index in [1.165, 1.54) is 0 Å². The Morgan fingerprint density at radius 3 is 2.54 bits per heavy atom. The maximum absolute atomic E-state index is 12.7. The number of aromatic amines is 1. The zero-order valence-electron chi connectivity index (χ0n) is 20.6. The molecule has 1 amide bonds. The van der Waals surface area contributed by atoms with Crippen LogP contribution in [0.15, 0.2) is 96.1 Å². The lowest BCUT2D eigenvalue weighted by atomic mass is 10.1. The minimum absolute atomic E-state index is 0.302. The number of aryl methyl sites for hydroxylation is 1. The monoisotopic (exact) mass is 490 g/mol. The van der Waals surface area contributed by atoms with E-state index in [-0.39, 0.29) is 0 Å². The first-order valence-electron chi connectivity index (χ1n) is 11.9. The quantitative estimate of drug-likeness (QED) is 0.230. The molecule has 0 bridgehead atoms. The van der Waals surface area contributed by atoms with Crippen molar-refractivity contribution in [2.75, 3.05) is 0 Å². The second-order valence-corrected chi connectivity index (χ2v) is 8.50. The van der Waals surface area contributed by atoms with Gasteiger partial charge in [0.05, 0.1) is 29.0 Å². The molecule has 2 heterocycles. The number of para-hydroxylation sites is 1. The molecular weight excluding hydrogens is 464 g/mol. The smallest absolute Gasteiger partial charge is 0.289 e. The van der Waals surface area contributed by atoms with Crippen LogP contribution in [0.1, 0.15) is 33.0 Å². The zero-order valence-corrected chi connectivity index (χ0v) is 20.6. The molecule has 184 valence electrons. The molecule has 0 saturated carbocycles. The predicted molar refractivity (Wildman–Crippen MR) is 143 cm³/mol. The van der Waals surface area contributed by atoms with Gasteiger partial charge in [-0.15, -0.1) is 0 Å². The zero-order chi connectivity index (χ0) is 25.6. The summed E-state index contributed by atoms with van der Waals surface area (Å²) >= 11 is 0. The summed E-state index contributed by atoms with van der Waals surface area (Å²) in [6.07, 6.45) is 1.61. The van der Waals surface area contributed by atoms with Crippen LogP contribution in [0.3, 0.4) is 0 Å². The van der Waals surface area contributed by atoms with Crippen molar-refractivity contribution in [2.45, 2.75) is 20.5 Å². The summed E-state index contributed by atoms with van der Waals surface area (Å²) in [7, 11) is 0. The number of aromatic nitrogens is 4. The summed E-state index contributed by atoms with van der Waals surface area (Å²) in [5.41, 5.74) is 8.99. The van der Waals surface area contributed by atoms with Crippen LogP contribution >= 0.6 is 0 Å². The molecule has 8 nitrogen and oxygen atoms in total. The fraction of sp³-hybridized carbons (Fsp3) is 0.103. The van der Waals surface area contributed by atoms with Crippen molar-refractivity contribution < 1.29 is 9.53 Å². The summed E-state index contributed by atoms with van der Waals surface area (Å²) < 4.78 is 7.77. The van der Waals surface area contributed by atoms with E-state index in [4.69, 9.17) is 4.74 Å². The Morgan fingerprint density at radius 2 is 1.76 bits per heavy atom. The fourth-order valence-corrected chi connectivity index (χ4v) is 3.95. The van der Waals surface area contributed by atoms with Crippen LogP contribution in [0.25, 0.3) is 16.9 Å². The summed E-state index contributed by atoms with van der Waals surface area (Å²) in [4.78, 5) is 12.7. The standard InChI is InChI=1S/C29H26N6O2/c1-20-26(21(2)35(34-20)24-13-7-4-8-14-24)18-30-33-29(36)28-17-27(31-32-28)23-12-9-15-25(16-23)37-19-22-10-5-3-6-11-22/h3-18H,19H2,1-2H3,(H,31,32)(H,33,36)/b30-18+. The van der Waals surface area contributed by atoms with Gasteiger partial charge in [0, 0.05) is 11.1 Å². The van der Waals surface area contributed by atoms with Crippen LogP contribution in [0.5, 0.6) is 5.75 Å². The van der Waals surface area contributed by atoms with E-state index >= 15 is 0 Å². The number of hydrogen-bond acceptors (Lipinski definition) is 5. The van der Waals surface area contributed by atoms with E-state index in [0.717, 1.165) is 39.5 Å². The third-order valence-corrected chi connectivity index (χ3v) is 5.91. The number of nitrogens with one attached hydrogen (secondary N) is 2. The molecule has 0 spiro atoms. The summed E-state index contributed by atoms with van der Waals surface area (Å²) in [6, 6.07) is 29.1. The average molecular weight is 491 g/mol. The highest BCUT2D eigenvalue weighted by Gasteiger charge is 2.13. The Kier molecular flexibility index (Phi) is 6.89. The molecule has 0 radical (unpaired) electrons. The van der Waals surface area contributed by atoms with Gasteiger partial charge in [-0.2, -0.15) is 15.3 Å². The lowest BCUT2D eigenvalue weighted by Crippen LogP contribution is -2.18. The largest absolute Gasteiger partial charge is 0.489 e. The Balaban J connectivity index is 1.24. The van der Waals surface area contributed by atoms with Gasteiger partial charge in [-0.1, -0.05) is 60.7 Å². The van der Waals surface area contributed by atoms with Crippen LogP contribution in [0, 0.1) is 13.8 Å². The van der Waals surface area contributed by atoms with Crippen LogP contribution < -0.4 is 10.2 Å². The van der Waals surface area contributed by atoms with Gasteiger partial charge in [0.2, 0.25) is 0 Å². The van der Waals surface area contributed by atoms with Gasteiger partial charge in [0.15, 0.2) is 0 Å². The molecule has 0 unspecified atom stereocenters. The second-order valence-electron chi connectivity index (χ2n) is 8.50. The number of hydrazone groups is 1. The summed E-state index contributed by atoms with van der Waals surface area (Å²) in [6.45, 7) is 4.35. The topological polar surface area (TPSA) is 97.2 Å². The molecule has 2 N–H and O–H groups in total. The minimum atomic E-state index is -0.391. The molecule has 0 atom stereocenters. The van der Waals surface area contributed by atoms with Crippen molar-refractivity contribution in [3.63, 3.8) is 0 Å². The van der Waals surface area contributed by atoms with E-state index in [1.807, 2.05) is 103 Å². The molecule has 0 aliphatic rings. The molecule has 0 fully saturated rings. The van der Waals surface area contributed by atoms with Gasteiger partial charge < -0.3 is 4.74 Å². The van der Waals surface area contributed by atoms with Gasteiger partial charge in [-0.05, 0) is 49.7 Å². The Hall–Kier alpha value is -4.98. The second kappa shape index (κ2) is 10.7. The van der Waals surface area contributed by atoms with Crippen molar-refractivity contribution in [1.82, 2.24) is 25.4 Å². The van der Waals surface area contributed by atoms with Crippen LogP contribution in [-0.4, -0.2) is 32.1 Å². The first kappa shape index (κ1) is 23.7. The third-order valence-electron chi connectivity index (χ3n) is 5.91. The molecule has 37 heavy (non-hydrogen) atoms. The molecule has 5 rings (SSSR count). The summed E-state index contributed by atoms with van der Waals surface area (Å²) in [5, 5.41) is 15.8. The highest BCUT2D eigenvalue weighted by atomic mass is 16.5. The molecule has 0 aliphatic heterocycles. The SMILES string of the molecule is Cc1nn(-c2ccccc2)c(C)c1/C=N/NC(=O)c1cc(-c2cccc(OCc3ccccc3)c2)n[nH]1. The third kappa shape index (κ3) is 5.48. The molecule has 2 aromatic heterocycles. The first-order valence-corrected chi connectivity index (χ1v) is 11.9. The summed E-state index contributed by atoms with van der Waals surface area (Å²) in [5.74, 6) is 0.332. The molecular formula is C29H26N6O2. The highest BCUT2D eigenvalue weighted by molar-refractivity contribution is 5.94. The minimum Gasteiger partial charge on any atom is -0.489 e. The molecule has 0 saturated heterocycles. The molecule has 8 heteroatoms. The number of carbonyl (C=O) groups is 1. The maximum atomic E-state index is 12.7. The van der Waals surface area contributed by atoms with E-state index in [2.05, 4.69) is 25.8 Å². The van der Waals surface area contributed by atoms with Crippen molar-refractivity contribution in [2.24, 2.45) is 5.10 Å². The molecule has 3 aromatic carbocycles. The number of rotatable bonds is 8. The van der Waals surface area contributed by atoms with Crippen molar-refractivity contribution in [3.8, 4) is 22.7 Å². The lowest BCUT2D eigenvalue weighted by Gasteiger charge is -2.07. The van der Waals surface area contributed by atoms with Crippen molar-refractivity contribution in [3.05, 3.63) is 119 Å². The first-order chi connectivity index (χ1) is 18.1. The number of hydrogen-bond donors (Lipinski definition) is 2. The number of ether oxygens (including phenoxy) is 1. The predicted octanol–water partition coefficient (Wildman–Crippen LogP) is 5.22. The highest BCUT2D eigenvalue weighted by Crippen LogP contribution is 2.23. The van der Waals surface area contributed by atoms with Crippen molar-refractivity contribution in [1.29, 1.82) is 0 Å². The molecule has 0 aliphatic carbocycles. The van der Waals surface area contributed by atoms with Gasteiger partial charge in [0.25, 0.3) is 5.91 Å². The Morgan fingerprint density at radius 1 is 1.00 bits per heavy atom. The van der Waals surface area contributed by atoms with Crippen LogP contribution in [-0.2, 0) is 6.61 Å². The number of H-pyrrole nitrogens is 1. The van der Waals surface area contributed by atoms with E-state index in [9.17, 15) is 4.79 Å². The van der Waals surface area contributed by atoms with Gasteiger partial charge in [0.1, 0.15) is 18.1 Å². The van der Waals surface area contributed by atoms with Gasteiger partial charge in [-0.25, -0.2) is 10.1 Å². The lowest BCUT2D eigenvalue weighted by molar-refractivity contribution is 0.0950. The van der Waals surface area contributed by atoms with Crippen LogP contribution in [0.2, 0.25) is 0 Å². The molecule has 5 aromatic rings. The normalized spacial score (nSPS) is 11.1. The fourth-order valence-electron chi connectivity index (χ4n) is 3.95. The number of amides is 1. The van der Waals surface area contributed by atoms with Crippen LogP contribution in [0.4, 0.5) is 0 Å². The maximum Gasteiger partial charge on any atom is 0.289 e.